The molecule has 2 aliphatic heterocycles. The van der Waals surface area contributed by atoms with E-state index in [1.807, 2.05) is 0 Å². The molecule has 0 bridgehead atoms. The zero-order valence-corrected chi connectivity index (χ0v) is 13.5. The standard InChI is InChI=1S/C15H26N2O2S/c1-3-15(4-2,11-20)10-16-9-13(18)17-8-6-5-7-12(17)14(16)19/h12,20H,3-11H2,1-2H3. The van der Waals surface area contributed by atoms with Crippen LogP contribution in [-0.2, 0) is 9.59 Å². The maximum absolute atomic E-state index is 12.6. The Morgan fingerprint density at radius 1 is 1.25 bits per heavy atom. The molecule has 114 valence electrons. The van der Waals surface area contributed by atoms with Crippen molar-refractivity contribution in [1.82, 2.24) is 9.80 Å². The second-order valence-electron chi connectivity index (χ2n) is 6.16. The smallest absolute Gasteiger partial charge is 0.245 e. The molecule has 0 aliphatic carbocycles. The van der Waals surface area contributed by atoms with E-state index in [4.69, 9.17) is 0 Å². The van der Waals surface area contributed by atoms with Crippen molar-refractivity contribution < 1.29 is 9.59 Å². The fourth-order valence-electron chi connectivity index (χ4n) is 3.32. The third-order valence-corrected chi connectivity index (χ3v) is 5.78. The van der Waals surface area contributed by atoms with Gasteiger partial charge in [-0.05, 0) is 43.3 Å². The van der Waals surface area contributed by atoms with Crippen molar-refractivity contribution in [2.75, 3.05) is 25.4 Å². The lowest BCUT2D eigenvalue weighted by Gasteiger charge is -2.45. The second-order valence-corrected chi connectivity index (χ2v) is 6.47. The van der Waals surface area contributed by atoms with Crippen LogP contribution in [0.2, 0.25) is 0 Å². The molecule has 2 fully saturated rings. The summed E-state index contributed by atoms with van der Waals surface area (Å²) in [6.07, 6.45) is 4.87. The molecule has 0 aromatic heterocycles. The summed E-state index contributed by atoms with van der Waals surface area (Å²) in [7, 11) is 0. The molecule has 1 unspecified atom stereocenters. The van der Waals surface area contributed by atoms with E-state index in [1.54, 1.807) is 9.80 Å². The van der Waals surface area contributed by atoms with Crippen molar-refractivity contribution in [2.45, 2.75) is 52.0 Å². The Bertz CT molecular complexity index is 374. The number of rotatable bonds is 5. The van der Waals surface area contributed by atoms with Gasteiger partial charge >= 0.3 is 0 Å². The van der Waals surface area contributed by atoms with E-state index in [0.29, 0.717) is 6.54 Å². The molecular formula is C15H26N2O2S. The fraction of sp³-hybridized carbons (Fsp3) is 0.867. The monoisotopic (exact) mass is 298 g/mol. The maximum Gasteiger partial charge on any atom is 0.245 e. The van der Waals surface area contributed by atoms with Crippen molar-refractivity contribution in [2.24, 2.45) is 5.41 Å². The first-order chi connectivity index (χ1) is 9.56. The second kappa shape index (κ2) is 6.37. The first-order valence-electron chi connectivity index (χ1n) is 7.76. The SMILES string of the molecule is CCC(CC)(CS)CN1CC(=O)N2CCCCC2C1=O. The lowest BCUT2D eigenvalue weighted by atomic mass is 9.83. The van der Waals surface area contributed by atoms with Gasteiger partial charge in [0.2, 0.25) is 11.8 Å². The van der Waals surface area contributed by atoms with Crippen LogP contribution < -0.4 is 0 Å². The van der Waals surface area contributed by atoms with Gasteiger partial charge in [-0.25, -0.2) is 0 Å². The zero-order chi connectivity index (χ0) is 14.8. The van der Waals surface area contributed by atoms with Gasteiger partial charge in [0, 0.05) is 13.1 Å². The van der Waals surface area contributed by atoms with Crippen LogP contribution in [0.4, 0.5) is 0 Å². The van der Waals surface area contributed by atoms with Crippen molar-refractivity contribution in [3.8, 4) is 0 Å². The minimum absolute atomic E-state index is 0.0376. The summed E-state index contributed by atoms with van der Waals surface area (Å²) < 4.78 is 0. The Hall–Kier alpha value is -0.710. The molecule has 0 aromatic carbocycles. The van der Waals surface area contributed by atoms with Crippen LogP contribution in [0.5, 0.6) is 0 Å². The molecule has 2 saturated heterocycles. The number of hydrogen-bond donors (Lipinski definition) is 1. The van der Waals surface area contributed by atoms with E-state index < -0.39 is 0 Å². The zero-order valence-electron chi connectivity index (χ0n) is 12.6. The summed E-state index contributed by atoms with van der Waals surface area (Å²) in [5.41, 5.74) is 0.0376. The number of amides is 2. The summed E-state index contributed by atoms with van der Waals surface area (Å²) in [5, 5.41) is 0. The van der Waals surface area contributed by atoms with E-state index in [0.717, 1.165) is 44.4 Å². The first-order valence-corrected chi connectivity index (χ1v) is 8.39. The minimum atomic E-state index is -0.198. The molecule has 1 atom stereocenters. The van der Waals surface area contributed by atoms with Crippen LogP contribution in [0.15, 0.2) is 0 Å². The third kappa shape index (κ3) is 2.83. The average Bonchev–Trinajstić information content (AvgIpc) is 2.50. The van der Waals surface area contributed by atoms with Gasteiger partial charge in [-0.1, -0.05) is 13.8 Å². The summed E-state index contributed by atoms with van der Waals surface area (Å²) in [6, 6.07) is -0.198. The van der Waals surface area contributed by atoms with Gasteiger partial charge in [-0.2, -0.15) is 12.6 Å². The molecule has 2 rings (SSSR count). The van der Waals surface area contributed by atoms with Crippen LogP contribution in [0.1, 0.15) is 46.0 Å². The summed E-state index contributed by atoms with van der Waals surface area (Å²) in [5.74, 6) is 1.03. The van der Waals surface area contributed by atoms with Gasteiger partial charge in [0.05, 0.1) is 6.54 Å². The Labute approximate surface area is 127 Å². The van der Waals surface area contributed by atoms with Gasteiger partial charge in [-0.15, -0.1) is 0 Å². The summed E-state index contributed by atoms with van der Waals surface area (Å²) in [4.78, 5) is 28.5. The molecule has 0 spiro atoms. The number of thiol groups is 1. The number of hydrogen-bond acceptors (Lipinski definition) is 3. The molecule has 5 heteroatoms. The van der Waals surface area contributed by atoms with Gasteiger partial charge in [0.25, 0.3) is 0 Å². The van der Waals surface area contributed by atoms with Gasteiger partial charge < -0.3 is 9.80 Å². The minimum Gasteiger partial charge on any atom is -0.331 e. The lowest BCUT2D eigenvalue weighted by Crippen LogP contribution is -2.62. The van der Waals surface area contributed by atoms with E-state index in [1.165, 1.54) is 0 Å². The Morgan fingerprint density at radius 2 is 1.95 bits per heavy atom. The van der Waals surface area contributed by atoms with Crippen LogP contribution in [0.25, 0.3) is 0 Å². The normalized spacial score (nSPS) is 24.1. The predicted molar refractivity (Wildman–Crippen MR) is 82.8 cm³/mol. The van der Waals surface area contributed by atoms with Gasteiger partial charge in [-0.3, -0.25) is 9.59 Å². The van der Waals surface area contributed by atoms with Crippen molar-refractivity contribution in [3.63, 3.8) is 0 Å². The first kappa shape index (κ1) is 15.7. The van der Waals surface area contributed by atoms with Crippen LogP contribution in [0.3, 0.4) is 0 Å². The third-order valence-electron chi connectivity index (χ3n) is 5.11. The van der Waals surface area contributed by atoms with E-state index >= 15 is 0 Å². The highest BCUT2D eigenvalue weighted by atomic mass is 32.1. The summed E-state index contributed by atoms with van der Waals surface area (Å²) >= 11 is 4.47. The molecule has 20 heavy (non-hydrogen) atoms. The number of piperidine rings is 1. The largest absolute Gasteiger partial charge is 0.331 e. The predicted octanol–water partition coefficient (Wildman–Crippen LogP) is 1.95. The summed E-state index contributed by atoms with van der Waals surface area (Å²) in [6.45, 7) is 5.96. The Balaban J connectivity index is 2.12. The highest BCUT2D eigenvalue weighted by molar-refractivity contribution is 7.80. The molecule has 2 heterocycles. The highest BCUT2D eigenvalue weighted by Crippen LogP contribution is 2.31. The maximum atomic E-state index is 12.6. The van der Waals surface area contributed by atoms with Crippen molar-refractivity contribution in [1.29, 1.82) is 0 Å². The lowest BCUT2D eigenvalue weighted by molar-refractivity contribution is -0.159. The molecule has 0 aromatic rings. The molecular weight excluding hydrogens is 272 g/mol. The topological polar surface area (TPSA) is 40.6 Å². The Morgan fingerprint density at radius 3 is 2.55 bits per heavy atom. The molecule has 0 N–H and O–H groups in total. The van der Waals surface area contributed by atoms with E-state index in [9.17, 15) is 9.59 Å². The number of carbonyl (C=O) groups excluding carboxylic acids is 2. The van der Waals surface area contributed by atoms with Gasteiger partial charge in [0.15, 0.2) is 0 Å². The van der Waals surface area contributed by atoms with Crippen LogP contribution in [0, 0.1) is 5.41 Å². The van der Waals surface area contributed by atoms with Crippen molar-refractivity contribution in [3.05, 3.63) is 0 Å². The molecule has 4 nitrogen and oxygen atoms in total. The number of carbonyl (C=O) groups is 2. The fourth-order valence-corrected chi connectivity index (χ4v) is 3.86. The molecule has 2 amide bonds. The van der Waals surface area contributed by atoms with Crippen LogP contribution >= 0.6 is 12.6 Å². The van der Waals surface area contributed by atoms with Crippen molar-refractivity contribution >= 4 is 24.4 Å². The van der Waals surface area contributed by atoms with E-state index in [2.05, 4.69) is 26.5 Å². The number of fused-ring (bicyclic) bond motifs is 1. The Kier molecular flexibility index (Phi) is 4.99. The highest BCUT2D eigenvalue weighted by Gasteiger charge is 2.42. The van der Waals surface area contributed by atoms with Gasteiger partial charge in [0.1, 0.15) is 6.04 Å². The molecule has 2 aliphatic rings. The molecule has 0 saturated carbocycles. The van der Waals surface area contributed by atoms with Crippen LogP contribution in [-0.4, -0.2) is 53.0 Å². The van der Waals surface area contributed by atoms with E-state index in [-0.39, 0.29) is 29.8 Å². The number of piperazine rings is 1. The quantitative estimate of drug-likeness (QED) is 0.788. The number of nitrogens with zero attached hydrogens (tertiary/aromatic N) is 2. The molecule has 0 radical (unpaired) electrons. The average molecular weight is 298 g/mol.